The fourth-order valence-corrected chi connectivity index (χ4v) is 5.83. The van der Waals surface area contributed by atoms with Crippen molar-refractivity contribution in [1.82, 2.24) is 5.32 Å². The predicted molar refractivity (Wildman–Crippen MR) is 154 cm³/mol. The van der Waals surface area contributed by atoms with Crippen LogP contribution >= 0.6 is 11.6 Å². The minimum Gasteiger partial charge on any atom is -0.352 e. The van der Waals surface area contributed by atoms with Crippen molar-refractivity contribution in [2.45, 2.75) is 38.1 Å². The van der Waals surface area contributed by atoms with Crippen LogP contribution in [-0.4, -0.2) is 20.9 Å². The van der Waals surface area contributed by atoms with Gasteiger partial charge in [-0.05, 0) is 74.2 Å². The molecule has 4 aromatic carbocycles. The van der Waals surface area contributed by atoms with Gasteiger partial charge in [0.25, 0.3) is 15.9 Å². The maximum absolute atomic E-state index is 13.9. The van der Waals surface area contributed by atoms with Gasteiger partial charge in [0, 0.05) is 11.6 Å². The zero-order valence-electron chi connectivity index (χ0n) is 21.5. The van der Waals surface area contributed by atoms with E-state index in [0.29, 0.717) is 22.8 Å². The summed E-state index contributed by atoms with van der Waals surface area (Å²) >= 11 is 6.06. The van der Waals surface area contributed by atoms with Gasteiger partial charge in [0.2, 0.25) is 0 Å². The Hall–Kier alpha value is -3.61. The van der Waals surface area contributed by atoms with E-state index in [1.807, 2.05) is 13.0 Å². The third-order valence-corrected chi connectivity index (χ3v) is 8.30. The van der Waals surface area contributed by atoms with Gasteiger partial charge in [-0.15, -0.1) is 0 Å². The Morgan fingerprint density at radius 3 is 2.24 bits per heavy atom. The molecule has 0 aliphatic rings. The monoisotopic (exact) mass is 546 g/mol. The van der Waals surface area contributed by atoms with Crippen molar-refractivity contribution in [3.63, 3.8) is 0 Å². The Morgan fingerprint density at radius 2 is 1.53 bits per heavy atom. The van der Waals surface area contributed by atoms with Gasteiger partial charge in [-0.3, -0.25) is 9.10 Å². The molecule has 0 atom stereocenters. The second kappa shape index (κ2) is 12.3. The highest BCUT2D eigenvalue weighted by Gasteiger charge is 2.28. The van der Waals surface area contributed by atoms with Crippen LogP contribution in [0.4, 0.5) is 5.69 Å². The minimum absolute atomic E-state index is 0.0467. The Kier molecular flexibility index (Phi) is 8.87. The molecule has 1 N–H and O–H groups in total. The molecule has 7 heteroatoms. The average molecular weight is 547 g/mol. The molecule has 0 heterocycles. The minimum atomic E-state index is -3.98. The molecule has 0 aliphatic heterocycles. The number of benzene rings is 4. The van der Waals surface area contributed by atoms with E-state index in [0.717, 1.165) is 24.0 Å². The first-order valence-electron chi connectivity index (χ1n) is 12.5. The third-order valence-electron chi connectivity index (χ3n) is 6.28. The van der Waals surface area contributed by atoms with Crippen LogP contribution < -0.4 is 9.62 Å². The van der Waals surface area contributed by atoms with E-state index in [2.05, 4.69) is 30.4 Å². The zero-order valence-corrected chi connectivity index (χ0v) is 23.1. The quantitative estimate of drug-likeness (QED) is 0.225. The molecule has 0 spiro atoms. The molecule has 1 amide bonds. The van der Waals surface area contributed by atoms with Crippen LogP contribution in [0, 0.1) is 13.8 Å². The summed E-state index contributed by atoms with van der Waals surface area (Å²) < 4.78 is 29.1. The van der Waals surface area contributed by atoms with Gasteiger partial charge in [-0.1, -0.05) is 83.4 Å². The molecule has 4 rings (SSSR count). The largest absolute Gasteiger partial charge is 0.352 e. The number of halogens is 1. The molecular weight excluding hydrogens is 516 g/mol. The summed E-state index contributed by atoms with van der Waals surface area (Å²) in [7, 11) is -3.98. The van der Waals surface area contributed by atoms with Crippen molar-refractivity contribution in [2.24, 2.45) is 0 Å². The second-order valence-electron chi connectivity index (χ2n) is 9.32. The summed E-state index contributed by atoms with van der Waals surface area (Å²) in [5, 5.41) is 3.53. The molecule has 38 heavy (non-hydrogen) atoms. The number of hydrogen-bond donors (Lipinski definition) is 1. The van der Waals surface area contributed by atoms with E-state index < -0.39 is 10.0 Å². The van der Waals surface area contributed by atoms with Crippen molar-refractivity contribution in [3.05, 3.63) is 130 Å². The maximum Gasteiger partial charge on any atom is 0.264 e. The van der Waals surface area contributed by atoms with Crippen LogP contribution in [0.3, 0.4) is 0 Å². The van der Waals surface area contributed by atoms with Crippen molar-refractivity contribution in [1.29, 1.82) is 0 Å². The molecule has 196 valence electrons. The van der Waals surface area contributed by atoms with E-state index in [-0.39, 0.29) is 17.3 Å². The fraction of sp³-hybridized carbons (Fsp3) is 0.194. The molecule has 0 radical (unpaired) electrons. The number of para-hydroxylation sites is 1. The van der Waals surface area contributed by atoms with Crippen LogP contribution in [0.5, 0.6) is 0 Å². The van der Waals surface area contributed by atoms with E-state index >= 15 is 0 Å². The van der Waals surface area contributed by atoms with Gasteiger partial charge in [-0.25, -0.2) is 8.42 Å². The number of nitrogens with zero attached hydrogens (tertiary/aromatic N) is 1. The number of sulfonamides is 1. The zero-order chi connectivity index (χ0) is 27.1. The lowest BCUT2D eigenvalue weighted by Gasteiger charge is -2.27. The Labute approximate surface area is 230 Å². The van der Waals surface area contributed by atoms with Gasteiger partial charge >= 0.3 is 0 Å². The summed E-state index contributed by atoms with van der Waals surface area (Å²) in [6, 6.07) is 28.8. The number of nitrogens with one attached hydrogen (secondary N) is 1. The lowest BCUT2D eigenvalue weighted by atomic mass is 10.1. The van der Waals surface area contributed by atoms with Crippen molar-refractivity contribution >= 4 is 33.2 Å². The molecular formula is C31H31ClN2O3S. The third kappa shape index (κ3) is 6.82. The number of carbonyl (C=O) groups excluding carboxylic acids is 1. The molecule has 0 fully saturated rings. The van der Waals surface area contributed by atoms with E-state index in [4.69, 9.17) is 11.6 Å². The van der Waals surface area contributed by atoms with Crippen molar-refractivity contribution in [2.75, 3.05) is 10.8 Å². The lowest BCUT2D eigenvalue weighted by molar-refractivity contribution is 0.0954. The summed E-state index contributed by atoms with van der Waals surface area (Å²) in [5.41, 5.74) is 4.75. The SMILES string of the molecule is Cc1ccc(S(=O)(=O)N(Cc2ccc(Cl)cc2)c2ccccc2C(=O)NCCCc2cccc(C)c2)cc1. The topological polar surface area (TPSA) is 66.5 Å². The molecule has 0 aromatic heterocycles. The number of hydrogen-bond acceptors (Lipinski definition) is 3. The standard InChI is InChI=1S/C31H31ClN2O3S/c1-23-12-18-28(19-13-23)38(36,37)34(22-26-14-16-27(32)17-15-26)30-11-4-3-10-29(30)31(35)33-20-6-9-25-8-5-7-24(2)21-25/h3-5,7-8,10-19,21H,6,9,20,22H2,1-2H3,(H,33,35). The van der Waals surface area contributed by atoms with E-state index in [1.54, 1.807) is 72.8 Å². The second-order valence-corrected chi connectivity index (χ2v) is 11.6. The number of rotatable bonds is 10. The Morgan fingerprint density at radius 1 is 0.816 bits per heavy atom. The summed E-state index contributed by atoms with van der Waals surface area (Å²) in [6.45, 7) is 4.48. The number of aryl methyl sites for hydroxylation is 3. The van der Waals surface area contributed by atoms with Crippen LogP contribution in [-0.2, 0) is 23.0 Å². The van der Waals surface area contributed by atoms with Gasteiger partial charge in [0.15, 0.2) is 0 Å². The summed E-state index contributed by atoms with van der Waals surface area (Å²) in [6.07, 6.45) is 1.61. The van der Waals surface area contributed by atoms with E-state index in [9.17, 15) is 13.2 Å². The normalized spacial score (nSPS) is 11.2. The summed E-state index contributed by atoms with van der Waals surface area (Å²) in [5.74, 6) is -0.315. The molecule has 4 aromatic rings. The van der Waals surface area contributed by atoms with Crippen LogP contribution in [0.25, 0.3) is 0 Å². The van der Waals surface area contributed by atoms with Crippen LogP contribution in [0.1, 0.15) is 39.0 Å². The number of amides is 1. The van der Waals surface area contributed by atoms with Gasteiger partial charge in [0.05, 0.1) is 22.7 Å². The molecule has 0 unspecified atom stereocenters. The maximum atomic E-state index is 13.9. The van der Waals surface area contributed by atoms with Gasteiger partial charge in [-0.2, -0.15) is 0 Å². The Balaban J connectivity index is 1.60. The van der Waals surface area contributed by atoms with Crippen molar-refractivity contribution < 1.29 is 13.2 Å². The molecule has 0 saturated carbocycles. The predicted octanol–water partition coefficient (Wildman–Crippen LogP) is 6.71. The Bertz CT molecular complexity index is 1500. The lowest BCUT2D eigenvalue weighted by Crippen LogP contribution is -2.34. The first-order valence-corrected chi connectivity index (χ1v) is 14.3. The van der Waals surface area contributed by atoms with Gasteiger partial charge in [0.1, 0.15) is 0 Å². The molecule has 0 aliphatic carbocycles. The van der Waals surface area contributed by atoms with Crippen LogP contribution in [0.15, 0.2) is 102 Å². The fourth-order valence-electron chi connectivity index (χ4n) is 4.23. The highest BCUT2D eigenvalue weighted by molar-refractivity contribution is 7.92. The molecule has 0 saturated heterocycles. The average Bonchev–Trinajstić information content (AvgIpc) is 2.91. The number of anilines is 1. The molecule has 5 nitrogen and oxygen atoms in total. The first kappa shape index (κ1) is 27.4. The number of carbonyl (C=O) groups is 1. The smallest absolute Gasteiger partial charge is 0.264 e. The van der Waals surface area contributed by atoms with Crippen molar-refractivity contribution in [3.8, 4) is 0 Å². The summed E-state index contributed by atoms with van der Waals surface area (Å²) in [4.78, 5) is 13.4. The first-order chi connectivity index (χ1) is 18.2. The van der Waals surface area contributed by atoms with Crippen LogP contribution in [0.2, 0.25) is 5.02 Å². The molecule has 0 bridgehead atoms. The van der Waals surface area contributed by atoms with E-state index in [1.165, 1.54) is 15.4 Å². The highest BCUT2D eigenvalue weighted by Crippen LogP contribution is 2.30. The highest BCUT2D eigenvalue weighted by atomic mass is 35.5. The van der Waals surface area contributed by atoms with Gasteiger partial charge < -0.3 is 5.32 Å².